The molecule has 3 aliphatic heterocycles. The molecule has 0 amide bonds. The van der Waals surface area contributed by atoms with E-state index in [9.17, 15) is 8.78 Å². The van der Waals surface area contributed by atoms with Gasteiger partial charge in [-0.15, -0.1) is 0 Å². The number of hydrogen-bond acceptors (Lipinski definition) is 5. The van der Waals surface area contributed by atoms with E-state index >= 15 is 0 Å². The first kappa shape index (κ1) is 19.7. The van der Waals surface area contributed by atoms with Gasteiger partial charge in [-0.2, -0.15) is 0 Å². The van der Waals surface area contributed by atoms with Crippen LogP contribution < -0.4 is 4.90 Å². The summed E-state index contributed by atoms with van der Waals surface area (Å²) >= 11 is 0. The van der Waals surface area contributed by atoms with Gasteiger partial charge in [-0.25, -0.2) is 13.8 Å². The average molecular weight is 436 g/mol. The topological polar surface area (TPSA) is 35.5 Å². The third kappa shape index (κ3) is 3.09. The quantitative estimate of drug-likeness (QED) is 0.689. The van der Waals surface area contributed by atoms with Crippen LogP contribution in [0, 0.1) is 5.92 Å². The molecule has 6 rings (SSSR count). The van der Waals surface area contributed by atoms with Gasteiger partial charge in [-0.1, -0.05) is 13.2 Å². The Bertz CT molecular complexity index is 1130. The molecule has 0 bridgehead atoms. The molecular formula is C25H27F2N5. The van der Waals surface area contributed by atoms with Crippen LogP contribution in [0.15, 0.2) is 37.7 Å². The molecule has 32 heavy (non-hydrogen) atoms. The fourth-order valence-electron chi connectivity index (χ4n) is 5.35. The fourth-order valence-corrected chi connectivity index (χ4v) is 5.35. The summed E-state index contributed by atoms with van der Waals surface area (Å²) in [6.45, 7) is 10.8. The molecule has 2 atom stereocenters. The van der Waals surface area contributed by atoms with Crippen molar-refractivity contribution in [1.82, 2.24) is 19.8 Å². The molecule has 0 N–H and O–H groups in total. The monoisotopic (exact) mass is 435 g/mol. The Kier molecular flexibility index (Phi) is 4.17. The van der Waals surface area contributed by atoms with Crippen LogP contribution in [0.3, 0.4) is 0 Å². The maximum absolute atomic E-state index is 13.6. The van der Waals surface area contributed by atoms with Crippen LogP contribution in [0.5, 0.6) is 0 Å². The van der Waals surface area contributed by atoms with E-state index in [-0.39, 0.29) is 12.8 Å². The predicted molar refractivity (Wildman–Crippen MR) is 122 cm³/mol. The molecular weight excluding hydrogens is 408 g/mol. The number of nitrogens with zero attached hydrogens (tertiary/aromatic N) is 5. The van der Waals surface area contributed by atoms with E-state index in [1.54, 1.807) is 0 Å². The lowest BCUT2D eigenvalue weighted by Crippen LogP contribution is -2.38. The predicted octanol–water partition coefficient (Wildman–Crippen LogP) is 4.85. The molecule has 4 aliphatic rings. The van der Waals surface area contributed by atoms with Gasteiger partial charge in [0.15, 0.2) is 0 Å². The average Bonchev–Trinajstić information content (AvgIpc) is 3.51. The molecule has 2 unspecified atom stereocenters. The van der Waals surface area contributed by atoms with Crippen LogP contribution in [0.1, 0.15) is 47.6 Å². The van der Waals surface area contributed by atoms with Crippen molar-refractivity contribution >= 4 is 22.9 Å². The van der Waals surface area contributed by atoms with Crippen molar-refractivity contribution in [3.8, 4) is 0 Å². The highest BCUT2D eigenvalue weighted by Gasteiger charge is 2.46. The third-order valence-corrected chi connectivity index (χ3v) is 7.51. The second-order valence-corrected chi connectivity index (χ2v) is 9.64. The zero-order chi connectivity index (χ0) is 22.2. The highest BCUT2D eigenvalue weighted by Crippen LogP contribution is 2.56. The summed E-state index contributed by atoms with van der Waals surface area (Å²) < 4.78 is 27.1. The lowest BCUT2D eigenvalue weighted by Gasteiger charge is -2.35. The summed E-state index contributed by atoms with van der Waals surface area (Å²) in [5.74, 6) is -0.428. The summed E-state index contributed by atoms with van der Waals surface area (Å²) in [5.41, 5.74) is 7.17. The zero-order valence-corrected chi connectivity index (χ0v) is 18.3. The molecule has 5 heterocycles. The second-order valence-electron chi connectivity index (χ2n) is 9.64. The van der Waals surface area contributed by atoms with Crippen molar-refractivity contribution in [2.24, 2.45) is 5.92 Å². The van der Waals surface area contributed by atoms with Gasteiger partial charge in [0.25, 0.3) is 5.92 Å². The Morgan fingerprint density at radius 3 is 2.72 bits per heavy atom. The smallest absolute Gasteiger partial charge is 0.251 e. The summed E-state index contributed by atoms with van der Waals surface area (Å²) in [7, 11) is 2.04. The van der Waals surface area contributed by atoms with E-state index in [2.05, 4.69) is 35.1 Å². The maximum atomic E-state index is 13.6. The molecule has 166 valence electrons. The number of anilines is 2. The van der Waals surface area contributed by atoms with E-state index in [0.29, 0.717) is 24.9 Å². The van der Waals surface area contributed by atoms with Crippen molar-refractivity contribution in [3.05, 3.63) is 60.1 Å². The second kappa shape index (κ2) is 6.77. The molecule has 2 aromatic rings. The molecule has 5 nitrogen and oxygen atoms in total. The van der Waals surface area contributed by atoms with Crippen LogP contribution >= 0.6 is 0 Å². The molecule has 2 aromatic heterocycles. The van der Waals surface area contributed by atoms with Gasteiger partial charge >= 0.3 is 0 Å². The van der Waals surface area contributed by atoms with Gasteiger partial charge in [0.1, 0.15) is 5.82 Å². The van der Waals surface area contributed by atoms with Crippen LogP contribution in [0.2, 0.25) is 0 Å². The molecule has 0 aromatic carbocycles. The SMILES string of the molecule is C=C1c2ncc(N3CC4CC4c4cc(C(=C)N5CCC(F)(F)CC5)cnc43)cc2CN1C. The first-order chi connectivity index (χ1) is 15.3. The van der Waals surface area contributed by atoms with E-state index in [4.69, 9.17) is 9.97 Å². The Morgan fingerprint density at radius 1 is 1.16 bits per heavy atom. The Hall–Kier alpha value is -2.96. The Morgan fingerprint density at radius 2 is 1.94 bits per heavy atom. The molecule has 1 saturated carbocycles. The van der Waals surface area contributed by atoms with Crippen molar-refractivity contribution in [3.63, 3.8) is 0 Å². The standard InChI is InChI=1S/C25H27F2N5/c1-15(31-6-4-25(26,27)5-7-31)17-9-22-21-10-18(21)14-32(24(22)29-11-17)20-8-19-13-30(3)16(2)23(19)28-12-20/h8-9,11-12,18,21H,1-2,4-7,10,13-14H2,3H3. The van der Waals surface area contributed by atoms with Crippen molar-refractivity contribution < 1.29 is 8.78 Å². The van der Waals surface area contributed by atoms with E-state index < -0.39 is 5.92 Å². The van der Waals surface area contributed by atoms with E-state index in [0.717, 1.165) is 53.7 Å². The number of alkyl halides is 2. The number of piperidine rings is 1. The Balaban J connectivity index is 1.30. The summed E-state index contributed by atoms with van der Waals surface area (Å²) in [4.78, 5) is 15.9. The van der Waals surface area contributed by atoms with Crippen molar-refractivity contribution in [2.45, 2.75) is 37.6 Å². The summed E-state index contributed by atoms with van der Waals surface area (Å²) in [5, 5.41) is 0. The van der Waals surface area contributed by atoms with Crippen LogP contribution in [0.25, 0.3) is 11.4 Å². The van der Waals surface area contributed by atoms with Crippen molar-refractivity contribution in [1.29, 1.82) is 0 Å². The number of aromatic nitrogens is 2. The highest BCUT2D eigenvalue weighted by molar-refractivity contribution is 5.73. The molecule has 0 spiro atoms. The number of hydrogen-bond donors (Lipinski definition) is 0. The molecule has 0 radical (unpaired) electrons. The minimum atomic E-state index is -2.56. The number of rotatable bonds is 3. The Labute approximate surface area is 187 Å². The minimum Gasteiger partial charge on any atom is -0.371 e. The third-order valence-electron chi connectivity index (χ3n) is 7.51. The number of likely N-dealkylation sites (tertiary alicyclic amines) is 1. The van der Waals surface area contributed by atoms with Gasteiger partial charge in [-0.05, 0) is 36.0 Å². The van der Waals surface area contributed by atoms with Gasteiger partial charge in [0, 0.05) is 69.1 Å². The van der Waals surface area contributed by atoms with Gasteiger partial charge < -0.3 is 14.7 Å². The van der Waals surface area contributed by atoms with Gasteiger partial charge in [-0.3, -0.25) is 4.98 Å². The van der Waals surface area contributed by atoms with Gasteiger partial charge in [0.2, 0.25) is 0 Å². The largest absolute Gasteiger partial charge is 0.371 e. The molecule has 1 aliphatic carbocycles. The molecule has 2 fully saturated rings. The number of fused-ring (bicyclic) bond motifs is 4. The lowest BCUT2D eigenvalue weighted by molar-refractivity contribution is -0.0450. The van der Waals surface area contributed by atoms with Crippen LogP contribution in [-0.2, 0) is 6.54 Å². The number of halogens is 2. The van der Waals surface area contributed by atoms with E-state index in [1.165, 1.54) is 11.1 Å². The zero-order valence-electron chi connectivity index (χ0n) is 18.3. The normalized spacial score (nSPS) is 25.3. The first-order valence-electron chi connectivity index (χ1n) is 11.3. The number of pyridine rings is 2. The summed E-state index contributed by atoms with van der Waals surface area (Å²) in [6, 6.07) is 4.40. The van der Waals surface area contributed by atoms with Crippen molar-refractivity contribution in [2.75, 3.05) is 31.6 Å². The molecule has 1 saturated heterocycles. The first-order valence-corrected chi connectivity index (χ1v) is 11.3. The maximum Gasteiger partial charge on any atom is 0.251 e. The fraction of sp³-hybridized carbons (Fsp3) is 0.440. The molecule has 7 heteroatoms. The lowest BCUT2D eigenvalue weighted by atomic mass is 10.00. The summed E-state index contributed by atoms with van der Waals surface area (Å²) in [6.07, 6.45) is 4.71. The van der Waals surface area contributed by atoms with Crippen LogP contribution in [0.4, 0.5) is 20.3 Å². The van der Waals surface area contributed by atoms with Gasteiger partial charge in [0.05, 0.1) is 23.3 Å². The highest BCUT2D eigenvalue weighted by atomic mass is 19.3. The van der Waals surface area contributed by atoms with Crippen LogP contribution in [-0.4, -0.2) is 52.4 Å². The minimum absolute atomic E-state index is 0.115. The van der Waals surface area contributed by atoms with E-state index in [1.807, 2.05) is 24.3 Å².